The summed E-state index contributed by atoms with van der Waals surface area (Å²) in [6.45, 7) is 8.01. The maximum absolute atomic E-state index is 6.21. The van der Waals surface area contributed by atoms with Gasteiger partial charge < -0.3 is 15.9 Å². The van der Waals surface area contributed by atoms with Crippen LogP contribution in [0.4, 0.5) is 0 Å². The lowest BCUT2D eigenvalue weighted by Crippen LogP contribution is -2.16. The monoisotopic (exact) mass is 362 g/mol. The van der Waals surface area contributed by atoms with Gasteiger partial charge in [-0.2, -0.15) is 0 Å². The summed E-state index contributed by atoms with van der Waals surface area (Å²) >= 11 is 0. The third-order valence-electron chi connectivity index (χ3n) is 4.08. The highest BCUT2D eigenvalue weighted by atomic mass is 16.3. The fraction of sp³-hybridized carbons (Fsp3) is 0.273. The van der Waals surface area contributed by atoms with Gasteiger partial charge in [-0.1, -0.05) is 24.3 Å². The molecule has 0 aliphatic rings. The molecule has 0 aliphatic heterocycles. The van der Waals surface area contributed by atoms with Crippen LogP contribution in [0.2, 0.25) is 0 Å². The van der Waals surface area contributed by atoms with Crippen LogP contribution >= 0.6 is 0 Å². The first-order valence-corrected chi connectivity index (χ1v) is 9.15. The third-order valence-corrected chi connectivity index (χ3v) is 4.08. The molecule has 0 unspecified atom stereocenters. The van der Waals surface area contributed by atoms with E-state index in [0.29, 0.717) is 11.7 Å². The van der Waals surface area contributed by atoms with E-state index in [0.717, 1.165) is 33.4 Å². The average molecular weight is 362 g/mol. The molecule has 0 saturated heterocycles. The molecule has 1 heterocycles. The third kappa shape index (κ3) is 4.19. The first-order chi connectivity index (χ1) is 12.8. The van der Waals surface area contributed by atoms with Crippen LogP contribution in [0, 0.1) is 0 Å². The lowest BCUT2D eigenvalue weighted by molar-refractivity contribution is 0.631. The van der Waals surface area contributed by atoms with Gasteiger partial charge in [0.25, 0.3) is 0 Å². The molecular weight excluding hydrogens is 336 g/mol. The molecular formula is C22H26N4O. The van der Waals surface area contributed by atoms with Gasteiger partial charge in [0.15, 0.2) is 0 Å². The molecule has 5 nitrogen and oxygen atoms in total. The molecule has 0 spiro atoms. The minimum Gasteiger partial charge on any atom is -0.456 e. The number of benzene rings is 2. The summed E-state index contributed by atoms with van der Waals surface area (Å²) in [6.07, 6.45) is 0. The zero-order valence-corrected chi connectivity index (χ0v) is 16.2. The van der Waals surface area contributed by atoms with Crippen molar-refractivity contribution in [3.05, 3.63) is 59.7 Å². The minimum atomic E-state index is 0.125. The molecule has 0 fully saturated rings. The van der Waals surface area contributed by atoms with E-state index >= 15 is 0 Å². The summed E-state index contributed by atoms with van der Waals surface area (Å²) in [7, 11) is 0. The number of hydrogen-bond donors (Lipinski definition) is 2. The van der Waals surface area contributed by atoms with Crippen molar-refractivity contribution >= 4 is 22.6 Å². The summed E-state index contributed by atoms with van der Waals surface area (Å²) in [5.41, 5.74) is 15.8. The molecule has 140 valence electrons. The molecule has 0 bridgehead atoms. The van der Waals surface area contributed by atoms with Crippen molar-refractivity contribution in [1.29, 1.82) is 0 Å². The van der Waals surface area contributed by atoms with Crippen molar-refractivity contribution in [2.75, 3.05) is 0 Å². The van der Waals surface area contributed by atoms with Gasteiger partial charge in [0.1, 0.15) is 23.0 Å². The Morgan fingerprint density at radius 3 is 2.22 bits per heavy atom. The quantitative estimate of drug-likeness (QED) is 0.523. The van der Waals surface area contributed by atoms with Crippen molar-refractivity contribution in [2.45, 2.75) is 39.8 Å². The van der Waals surface area contributed by atoms with E-state index < -0.39 is 0 Å². The van der Waals surface area contributed by atoms with E-state index in [4.69, 9.17) is 15.9 Å². The number of fused-ring (bicyclic) bond motifs is 1. The van der Waals surface area contributed by atoms with Crippen molar-refractivity contribution in [3.63, 3.8) is 0 Å². The fourth-order valence-corrected chi connectivity index (χ4v) is 2.96. The van der Waals surface area contributed by atoms with Crippen LogP contribution in [-0.4, -0.2) is 23.8 Å². The Morgan fingerprint density at radius 1 is 0.852 bits per heavy atom. The Morgan fingerprint density at radius 2 is 1.52 bits per heavy atom. The van der Waals surface area contributed by atoms with Gasteiger partial charge >= 0.3 is 0 Å². The Kier molecular flexibility index (Phi) is 5.31. The van der Waals surface area contributed by atoms with E-state index in [1.165, 1.54) is 0 Å². The normalized spacial score (nSPS) is 13.1. The zero-order valence-electron chi connectivity index (χ0n) is 16.2. The zero-order chi connectivity index (χ0) is 19.6. The summed E-state index contributed by atoms with van der Waals surface area (Å²) in [4.78, 5) is 8.89. The summed E-state index contributed by atoms with van der Waals surface area (Å²) in [6, 6.07) is 16.0. The Bertz CT molecular complexity index is 1010. The molecule has 2 aromatic carbocycles. The van der Waals surface area contributed by atoms with Crippen LogP contribution in [0.1, 0.15) is 38.8 Å². The first kappa shape index (κ1) is 18.7. The molecule has 0 atom stereocenters. The molecule has 0 amide bonds. The second-order valence-electron chi connectivity index (χ2n) is 7.13. The molecule has 3 rings (SSSR count). The number of aliphatic imine (C=N–C) groups is 2. The summed E-state index contributed by atoms with van der Waals surface area (Å²) < 4.78 is 6.07. The first-order valence-electron chi connectivity index (χ1n) is 9.15. The van der Waals surface area contributed by atoms with Gasteiger partial charge in [-0.25, -0.2) is 0 Å². The molecule has 5 heteroatoms. The summed E-state index contributed by atoms with van der Waals surface area (Å²) in [5.74, 6) is 1.79. The second-order valence-corrected chi connectivity index (χ2v) is 7.13. The van der Waals surface area contributed by atoms with E-state index in [1.54, 1.807) is 0 Å². The van der Waals surface area contributed by atoms with E-state index in [-0.39, 0.29) is 12.1 Å². The SMILES string of the molecule is CC(C)N=C(N)c1ccc2oc(-c3ccccc3C(N)=NC(C)C)cc2c1. The Labute approximate surface area is 159 Å². The van der Waals surface area contributed by atoms with Crippen LogP contribution in [0.3, 0.4) is 0 Å². The maximum Gasteiger partial charge on any atom is 0.136 e. The van der Waals surface area contributed by atoms with Gasteiger partial charge in [-0.05, 0) is 52.0 Å². The fourth-order valence-electron chi connectivity index (χ4n) is 2.96. The van der Waals surface area contributed by atoms with Crippen molar-refractivity contribution < 1.29 is 4.42 Å². The Balaban J connectivity index is 2.07. The van der Waals surface area contributed by atoms with E-state index in [9.17, 15) is 0 Å². The van der Waals surface area contributed by atoms with Gasteiger partial charge in [-0.3, -0.25) is 9.98 Å². The van der Waals surface area contributed by atoms with Crippen molar-refractivity contribution in [3.8, 4) is 11.3 Å². The van der Waals surface area contributed by atoms with Gasteiger partial charge in [0.05, 0.1) is 0 Å². The van der Waals surface area contributed by atoms with Crippen LogP contribution in [0.5, 0.6) is 0 Å². The predicted octanol–water partition coefficient (Wildman–Crippen LogP) is 4.33. The molecule has 3 aromatic rings. The number of nitrogens with two attached hydrogens (primary N) is 2. The Hall–Kier alpha value is -3.08. The highest BCUT2D eigenvalue weighted by Gasteiger charge is 2.14. The maximum atomic E-state index is 6.21. The number of hydrogen-bond acceptors (Lipinski definition) is 3. The van der Waals surface area contributed by atoms with Crippen LogP contribution < -0.4 is 11.5 Å². The molecule has 27 heavy (non-hydrogen) atoms. The number of furan rings is 1. The van der Waals surface area contributed by atoms with Crippen molar-refractivity contribution in [2.24, 2.45) is 21.5 Å². The van der Waals surface area contributed by atoms with Gasteiger partial charge in [0.2, 0.25) is 0 Å². The number of amidine groups is 2. The second kappa shape index (κ2) is 7.66. The highest BCUT2D eigenvalue weighted by Crippen LogP contribution is 2.30. The van der Waals surface area contributed by atoms with Crippen LogP contribution in [0.15, 0.2) is 62.9 Å². The smallest absolute Gasteiger partial charge is 0.136 e. The number of rotatable bonds is 5. The van der Waals surface area contributed by atoms with E-state index in [1.807, 2.05) is 76.2 Å². The lowest BCUT2D eigenvalue weighted by atomic mass is 10.0. The van der Waals surface area contributed by atoms with Gasteiger partial charge in [0, 0.05) is 34.2 Å². The molecule has 0 radical (unpaired) electrons. The molecule has 0 aliphatic carbocycles. The summed E-state index contributed by atoms with van der Waals surface area (Å²) in [5, 5.41) is 0.971. The predicted molar refractivity (Wildman–Crippen MR) is 113 cm³/mol. The average Bonchev–Trinajstić information content (AvgIpc) is 3.03. The molecule has 1 aromatic heterocycles. The standard InChI is InChI=1S/C22H26N4O/c1-13(2)25-21(23)15-9-10-19-16(11-15)12-20(27-19)17-7-5-6-8-18(17)22(24)26-14(3)4/h5-14H,1-4H3,(H2,23,25)(H2,24,26). The topological polar surface area (TPSA) is 89.9 Å². The lowest BCUT2D eigenvalue weighted by Gasteiger charge is -2.08. The van der Waals surface area contributed by atoms with E-state index in [2.05, 4.69) is 9.98 Å². The molecule has 0 saturated carbocycles. The molecule has 4 N–H and O–H groups in total. The van der Waals surface area contributed by atoms with Gasteiger partial charge in [-0.15, -0.1) is 0 Å². The van der Waals surface area contributed by atoms with Crippen molar-refractivity contribution in [1.82, 2.24) is 0 Å². The minimum absolute atomic E-state index is 0.125. The largest absolute Gasteiger partial charge is 0.456 e. The van der Waals surface area contributed by atoms with Crippen LogP contribution in [-0.2, 0) is 0 Å². The highest BCUT2D eigenvalue weighted by molar-refractivity contribution is 6.04. The van der Waals surface area contributed by atoms with Crippen LogP contribution in [0.25, 0.3) is 22.3 Å². The number of nitrogens with zero attached hydrogens (tertiary/aromatic N) is 2.